The van der Waals surface area contributed by atoms with E-state index in [0.29, 0.717) is 6.42 Å². The number of nitriles is 1. The Morgan fingerprint density at radius 3 is 3.00 bits per heavy atom. The van der Waals surface area contributed by atoms with E-state index in [1.807, 2.05) is 6.07 Å². The van der Waals surface area contributed by atoms with Gasteiger partial charge in [0, 0.05) is 5.92 Å². The van der Waals surface area contributed by atoms with Crippen molar-refractivity contribution < 1.29 is 5.11 Å². The SMILES string of the molecule is N#CC(N)C[C@@H]1CCN[C@H]1O. The summed E-state index contributed by atoms with van der Waals surface area (Å²) in [6.45, 7) is 0.823. The number of rotatable bonds is 2. The number of hydrogen-bond acceptors (Lipinski definition) is 4. The van der Waals surface area contributed by atoms with Gasteiger partial charge in [-0.15, -0.1) is 0 Å². The highest BCUT2D eigenvalue weighted by atomic mass is 16.3. The van der Waals surface area contributed by atoms with E-state index in [-0.39, 0.29) is 5.92 Å². The smallest absolute Gasteiger partial charge is 0.107 e. The van der Waals surface area contributed by atoms with Crippen LogP contribution in [-0.2, 0) is 0 Å². The lowest BCUT2D eigenvalue weighted by molar-refractivity contribution is 0.107. The van der Waals surface area contributed by atoms with Crippen LogP contribution in [0, 0.1) is 17.2 Å². The van der Waals surface area contributed by atoms with Gasteiger partial charge in [-0.1, -0.05) is 0 Å². The maximum Gasteiger partial charge on any atom is 0.107 e. The molecule has 0 aromatic heterocycles. The summed E-state index contributed by atoms with van der Waals surface area (Å²) in [4.78, 5) is 0. The molecular formula is C7H13N3O. The first-order valence-electron chi connectivity index (χ1n) is 3.80. The van der Waals surface area contributed by atoms with Crippen molar-refractivity contribution in [1.82, 2.24) is 5.32 Å². The van der Waals surface area contributed by atoms with Crippen LogP contribution in [0.4, 0.5) is 0 Å². The van der Waals surface area contributed by atoms with Crippen LogP contribution in [0.15, 0.2) is 0 Å². The van der Waals surface area contributed by atoms with Crippen LogP contribution in [0.5, 0.6) is 0 Å². The molecule has 4 nitrogen and oxygen atoms in total. The van der Waals surface area contributed by atoms with Gasteiger partial charge in [0.05, 0.1) is 12.1 Å². The van der Waals surface area contributed by atoms with Crippen molar-refractivity contribution in [2.24, 2.45) is 11.7 Å². The zero-order chi connectivity index (χ0) is 8.27. The first-order valence-corrected chi connectivity index (χ1v) is 3.80. The van der Waals surface area contributed by atoms with Gasteiger partial charge in [0.2, 0.25) is 0 Å². The molecule has 1 heterocycles. The molecule has 11 heavy (non-hydrogen) atoms. The molecule has 1 rings (SSSR count). The van der Waals surface area contributed by atoms with Gasteiger partial charge >= 0.3 is 0 Å². The van der Waals surface area contributed by atoms with Crippen molar-refractivity contribution >= 4 is 0 Å². The van der Waals surface area contributed by atoms with Crippen LogP contribution in [0.25, 0.3) is 0 Å². The summed E-state index contributed by atoms with van der Waals surface area (Å²) in [7, 11) is 0. The van der Waals surface area contributed by atoms with Gasteiger partial charge in [0.25, 0.3) is 0 Å². The Morgan fingerprint density at radius 2 is 2.55 bits per heavy atom. The molecule has 0 aliphatic carbocycles. The third kappa shape index (κ3) is 2.15. The minimum Gasteiger partial charge on any atom is -0.378 e. The standard InChI is InChI=1S/C7H13N3O/c8-4-6(9)3-5-1-2-10-7(5)11/h5-7,10-11H,1-3,9H2/t5-,6?,7-/m0/s1. The number of aliphatic hydroxyl groups excluding tert-OH is 1. The largest absolute Gasteiger partial charge is 0.378 e. The molecule has 3 atom stereocenters. The Kier molecular flexibility index (Phi) is 2.83. The van der Waals surface area contributed by atoms with Crippen molar-refractivity contribution in [2.45, 2.75) is 25.1 Å². The molecule has 0 aromatic rings. The minimum absolute atomic E-state index is 0.157. The average Bonchev–Trinajstić information content (AvgIpc) is 2.37. The molecule has 0 spiro atoms. The van der Waals surface area contributed by atoms with E-state index >= 15 is 0 Å². The molecule has 4 N–H and O–H groups in total. The molecular weight excluding hydrogens is 142 g/mol. The highest BCUT2D eigenvalue weighted by Gasteiger charge is 2.25. The molecule has 1 fully saturated rings. The minimum atomic E-state index is -0.464. The lowest BCUT2D eigenvalue weighted by atomic mass is 9.99. The van der Waals surface area contributed by atoms with Crippen molar-refractivity contribution in [3.05, 3.63) is 0 Å². The number of nitrogens with two attached hydrogens (primary N) is 1. The lowest BCUT2D eigenvalue weighted by Gasteiger charge is -2.14. The first kappa shape index (κ1) is 8.47. The van der Waals surface area contributed by atoms with E-state index in [1.54, 1.807) is 0 Å². The molecule has 0 radical (unpaired) electrons. The molecule has 0 amide bonds. The molecule has 1 unspecified atom stereocenters. The monoisotopic (exact) mass is 155 g/mol. The Hall–Kier alpha value is -0.630. The number of aliphatic hydroxyl groups is 1. The fraction of sp³-hybridized carbons (Fsp3) is 0.857. The van der Waals surface area contributed by atoms with Crippen molar-refractivity contribution in [2.75, 3.05) is 6.54 Å². The second-order valence-corrected chi connectivity index (χ2v) is 2.92. The van der Waals surface area contributed by atoms with E-state index < -0.39 is 12.3 Å². The summed E-state index contributed by atoms with van der Waals surface area (Å²) in [5, 5.41) is 20.6. The van der Waals surface area contributed by atoms with Gasteiger partial charge in [0.15, 0.2) is 0 Å². The lowest BCUT2D eigenvalue weighted by Crippen LogP contribution is -2.30. The van der Waals surface area contributed by atoms with Gasteiger partial charge in [0.1, 0.15) is 6.23 Å². The summed E-state index contributed by atoms with van der Waals surface area (Å²) in [6, 6.07) is 1.52. The number of nitrogens with one attached hydrogen (secondary N) is 1. The molecule has 1 aliphatic rings. The van der Waals surface area contributed by atoms with Crippen LogP contribution in [0.1, 0.15) is 12.8 Å². The van der Waals surface area contributed by atoms with Crippen LogP contribution in [0.2, 0.25) is 0 Å². The topological polar surface area (TPSA) is 82.1 Å². The molecule has 0 saturated carbocycles. The molecule has 0 bridgehead atoms. The van der Waals surface area contributed by atoms with Gasteiger partial charge in [-0.25, -0.2) is 0 Å². The third-order valence-corrected chi connectivity index (χ3v) is 2.04. The average molecular weight is 155 g/mol. The zero-order valence-electron chi connectivity index (χ0n) is 6.33. The van der Waals surface area contributed by atoms with Gasteiger partial charge in [-0.3, -0.25) is 5.32 Å². The Labute approximate surface area is 66.0 Å². The van der Waals surface area contributed by atoms with Crippen LogP contribution < -0.4 is 11.1 Å². The van der Waals surface area contributed by atoms with Crippen molar-refractivity contribution in [1.29, 1.82) is 5.26 Å². The normalized spacial score (nSPS) is 33.2. The Bertz CT molecular complexity index is 166. The molecule has 1 aliphatic heterocycles. The molecule has 62 valence electrons. The first-order chi connectivity index (χ1) is 5.24. The second kappa shape index (κ2) is 3.67. The quantitative estimate of drug-likeness (QED) is 0.485. The summed E-state index contributed by atoms with van der Waals surface area (Å²) in [6.07, 6.45) is 1.04. The predicted octanol–water partition coefficient (Wildman–Crippen LogP) is -0.845. The Balaban J connectivity index is 2.32. The van der Waals surface area contributed by atoms with Gasteiger partial charge in [-0.05, 0) is 19.4 Å². The summed E-state index contributed by atoms with van der Waals surface area (Å²) >= 11 is 0. The van der Waals surface area contributed by atoms with Crippen molar-refractivity contribution in [3.63, 3.8) is 0 Å². The van der Waals surface area contributed by atoms with Crippen molar-refractivity contribution in [3.8, 4) is 6.07 Å². The van der Waals surface area contributed by atoms with Gasteiger partial charge < -0.3 is 10.8 Å². The molecule has 0 aromatic carbocycles. The maximum absolute atomic E-state index is 9.26. The van der Waals surface area contributed by atoms with Crippen LogP contribution in [-0.4, -0.2) is 23.9 Å². The van der Waals surface area contributed by atoms with Crippen LogP contribution >= 0.6 is 0 Å². The van der Waals surface area contributed by atoms with E-state index in [4.69, 9.17) is 11.0 Å². The van der Waals surface area contributed by atoms with E-state index in [0.717, 1.165) is 13.0 Å². The summed E-state index contributed by atoms with van der Waals surface area (Å²) < 4.78 is 0. The maximum atomic E-state index is 9.26. The Morgan fingerprint density at radius 1 is 1.82 bits per heavy atom. The van der Waals surface area contributed by atoms with E-state index in [1.165, 1.54) is 0 Å². The van der Waals surface area contributed by atoms with E-state index in [2.05, 4.69) is 5.32 Å². The molecule has 1 saturated heterocycles. The highest BCUT2D eigenvalue weighted by Crippen LogP contribution is 2.18. The fourth-order valence-corrected chi connectivity index (χ4v) is 1.37. The van der Waals surface area contributed by atoms with Crippen LogP contribution in [0.3, 0.4) is 0 Å². The summed E-state index contributed by atoms with van der Waals surface area (Å²) in [5.74, 6) is 0.157. The fourth-order valence-electron chi connectivity index (χ4n) is 1.37. The molecule has 4 heteroatoms. The van der Waals surface area contributed by atoms with Gasteiger partial charge in [-0.2, -0.15) is 5.26 Å². The highest BCUT2D eigenvalue weighted by molar-refractivity contribution is 4.90. The number of hydrogen-bond donors (Lipinski definition) is 3. The predicted molar refractivity (Wildman–Crippen MR) is 40.3 cm³/mol. The summed E-state index contributed by atoms with van der Waals surface area (Å²) in [5.41, 5.74) is 5.42. The third-order valence-electron chi connectivity index (χ3n) is 2.04. The van der Waals surface area contributed by atoms with E-state index in [9.17, 15) is 5.11 Å². The zero-order valence-corrected chi connectivity index (χ0v) is 6.33. The number of nitrogens with zero attached hydrogens (tertiary/aromatic N) is 1. The second-order valence-electron chi connectivity index (χ2n) is 2.92.